The average Bonchev–Trinajstić information content (AvgIpc) is 3.40. The highest BCUT2D eigenvalue weighted by atomic mass is 19.1. The summed E-state index contributed by atoms with van der Waals surface area (Å²) in [7, 11) is 0. The van der Waals surface area contributed by atoms with Crippen LogP contribution in [0.3, 0.4) is 0 Å². The predicted octanol–water partition coefficient (Wildman–Crippen LogP) is 5.78. The first-order valence-electron chi connectivity index (χ1n) is 10.5. The summed E-state index contributed by atoms with van der Waals surface area (Å²) in [4.78, 5) is 17.0. The van der Waals surface area contributed by atoms with Crippen molar-refractivity contribution in [3.63, 3.8) is 0 Å². The number of halogens is 1. The largest absolute Gasteiger partial charge is 0.340 e. The van der Waals surface area contributed by atoms with E-state index in [1.807, 2.05) is 44.3 Å². The Balaban J connectivity index is 1.61. The molecule has 4 heterocycles. The minimum Gasteiger partial charge on any atom is -0.340 e. The fourth-order valence-corrected chi connectivity index (χ4v) is 3.87. The number of hydrogen-bond donors (Lipinski definition) is 2. The van der Waals surface area contributed by atoms with Crippen molar-refractivity contribution < 1.29 is 4.39 Å². The molecule has 7 heteroatoms. The molecule has 0 unspecified atom stereocenters. The molecule has 4 aromatic heterocycles. The van der Waals surface area contributed by atoms with E-state index in [4.69, 9.17) is 4.98 Å². The number of imidazole rings is 1. The van der Waals surface area contributed by atoms with Gasteiger partial charge in [0.1, 0.15) is 11.5 Å². The second-order valence-electron chi connectivity index (χ2n) is 7.82. The monoisotopic (exact) mass is 436 g/mol. The van der Waals surface area contributed by atoms with E-state index < -0.39 is 0 Å². The number of benzene rings is 1. The molecule has 0 aliphatic rings. The number of fused-ring (bicyclic) bond motifs is 1. The van der Waals surface area contributed by atoms with Gasteiger partial charge in [0.15, 0.2) is 5.82 Å². The van der Waals surface area contributed by atoms with Crippen LogP contribution in [0.1, 0.15) is 22.5 Å². The molecule has 6 nitrogen and oxygen atoms in total. The van der Waals surface area contributed by atoms with Gasteiger partial charge in [0.2, 0.25) is 0 Å². The Morgan fingerprint density at radius 3 is 2.76 bits per heavy atom. The van der Waals surface area contributed by atoms with Gasteiger partial charge < -0.3 is 4.98 Å². The van der Waals surface area contributed by atoms with Gasteiger partial charge in [-0.2, -0.15) is 5.10 Å². The summed E-state index contributed by atoms with van der Waals surface area (Å²) >= 11 is 0. The van der Waals surface area contributed by atoms with Gasteiger partial charge in [-0.05, 0) is 49.2 Å². The standard InChI is InChI=1S/C26H21FN6/c1-4-6-20(17-7-5-8-19(27)10-17)24-16(3)30-26(31-24)25-21-11-22(29-14-23(21)32-33-25)18-9-15(2)12-28-13-18/h4-14H,1H2,2-3H3,(H,30,31)(H,32,33)/b20-6-. The first-order chi connectivity index (χ1) is 16.0. The second-order valence-corrected chi connectivity index (χ2v) is 7.82. The van der Waals surface area contributed by atoms with Crippen molar-refractivity contribution in [1.82, 2.24) is 30.1 Å². The van der Waals surface area contributed by atoms with Crippen LogP contribution in [0.25, 0.3) is 39.3 Å². The van der Waals surface area contributed by atoms with E-state index in [-0.39, 0.29) is 5.82 Å². The van der Waals surface area contributed by atoms with Crippen LogP contribution in [0, 0.1) is 19.7 Å². The number of rotatable bonds is 5. The van der Waals surface area contributed by atoms with Crippen LogP contribution in [0.2, 0.25) is 0 Å². The first-order valence-corrected chi connectivity index (χ1v) is 10.5. The smallest absolute Gasteiger partial charge is 0.159 e. The van der Waals surface area contributed by atoms with Gasteiger partial charge in [0.05, 0.1) is 23.1 Å². The highest BCUT2D eigenvalue weighted by Gasteiger charge is 2.18. The molecule has 0 radical (unpaired) electrons. The van der Waals surface area contributed by atoms with Gasteiger partial charge in [-0.15, -0.1) is 0 Å². The van der Waals surface area contributed by atoms with Gasteiger partial charge in [-0.1, -0.05) is 30.9 Å². The maximum Gasteiger partial charge on any atom is 0.159 e. The SMILES string of the molecule is C=C/C=C(/c1cccc(F)c1)c1nc(-c2n[nH]c3cnc(-c4cncc(C)c4)cc23)[nH]c1C. The van der Waals surface area contributed by atoms with E-state index in [9.17, 15) is 4.39 Å². The fraction of sp³-hybridized carbons (Fsp3) is 0.0769. The topological polar surface area (TPSA) is 83.1 Å². The molecule has 5 aromatic rings. The molecule has 33 heavy (non-hydrogen) atoms. The molecule has 5 rings (SSSR count). The van der Waals surface area contributed by atoms with Crippen molar-refractivity contribution in [3.8, 4) is 22.8 Å². The Kier molecular flexibility index (Phi) is 5.14. The number of pyridine rings is 2. The molecule has 0 aliphatic carbocycles. The van der Waals surface area contributed by atoms with E-state index >= 15 is 0 Å². The van der Waals surface area contributed by atoms with Crippen molar-refractivity contribution in [2.75, 3.05) is 0 Å². The summed E-state index contributed by atoms with van der Waals surface area (Å²) in [6.07, 6.45) is 8.87. The van der Waals surface area contributed by atoms with Crippen molar-refractivity contribution in [2.45, 2.75) is 13.8 Å². The highest BCUT2D eigenvalue weighted by molar-refractivity contribution is 5.93. The Bertz CT molecular complexity index is 1530. The molecule has 0 saturated heterocycles. The normalized spacial score (nSPS) is 11.8. The van der Waals surface area contributed by atoms with Gasteiger partial charge in [0.25, 0.3) is 0 Å². The molecule has 0 bridgehead atoms. The Hall–Kier alpha value is -4.39. The fourth-order valence-electron chi connectivity index (χ4n) is 3.87. The zero-order valence-electron chi connectivity index (χ0n) is 18.2. The van der Waals surface area contributed by atoms with Crippen LogP contribution < -0.4 is 0 Å². The third-order valence-corrected chi connectivity index (χ3v) is 5.40. The molecule has 0 aliphatic heterocycles. The number of nitrogens with zero attached hydrogens (tertiary/aromatic N) is 4. The number of nitrogens with one attached hydrogen (secondary N) is 2. The minimum atomic E-state index is -0.306. The van der Waals surface area contributed by atoms with E-state index in [1.54, 1.807) is 24.5 Å². The van der Waals surface area contributed by atoms with Crippen molar-refractivity contribution in [1.29, 1.82) is 0 Å². The number of aromatic nitrogens is 6. The van der Waals surface area contributed by atoms with Crippen LogP contribution in [-0.2, 0) is 0 Å². The Morgan fingerprint density at radius 2 is 1.97 bits per heavy atom. The van der Waals surface area contributed by atoms with Crippen LogP contribution >= 0.6 is 0 Å². The van der Waals surface area contributed by atoms with Crippen molar-refractivity contribution in [2.24, 2.45) is 0 Å². The van der Waals surface area contributed by atoms with Crippen LogP contribution in [0.4, 0.5) is 4.39 Å². The van der Waals surface area contributed by atoms with Crippen LogP contribution in [-0.4, -0.2) is 30.1 Å². The predicted molar refractivity (Wildman–Crippen MR) is 128 cm³/mol. The lowest BCUT2D eigenvalue weighted by Crippen LogP contribution is -1.92. The van der Waals surface area contributed by atoms with Crippen LogP contribution in [0.15, 0.2) is 73.7 Å². The number of aryl methyl sites for hydroxylation is 2. The van der Waals surface area contributed by atoms with Crippen LogP contribution in [0.5, 0.6) is 0 Å². The summed E-state index contributed by atoms with van der Waals surface area (Å²) in [6, 6.07) is 10.5. The lowest BCUT2D eigenvalue weighted by atomic mass is 10.0. The molecule has 1 aromatic carbocycles. The van der Waals surface area contributed by atoms with Gasteiger partial charge in [0, 0.05) is 34.6 Å². The first kappa shape index (κ1) is 20.5. The molecule has 0 atom stereocenters. The summed E-state index contributed by atoms with van der Waals surface area (Å²) in [5.74, 6) is 0.305. The summed E-state index contributed by atoms with van der Waals surface area (Å²) in [6.45, 7) is 7.74. The summed E-state index contributed by atoms with van der Waals surface area (Å²) in [5.41, 5.74) is 7.34. The van der Waals surface area contributed by atoms with Gasteiger partial charge >= 0.3 is 0 Å². The maximum atomic E-state index is 13.9. The maximum absolute atomic E-state index is 13.9. The van der Waals surface area contributed by atoms with E-state index in [0.717, 1.165) is 44.6 Å². The minimum absolute atomic E-state index is 0.306. The lowest BCUT2D eigenvalue weighted by Gasteiger charge is -2.06. The van der Waals surface area contributed by atoms with Gasteiger partial charge in [-0.25, -0.2) is 9.37 Å². The number of hydrogen-bond acceptors (Lipinski definition) is 4. The highest BCUT2D eigenvalue weighted by Crippen LogP contribution is 2.31. The van der Waals surface area contributed by atoms with Crippen molar-refractivity contribution in [3.05, 3.63) is 102 Å². The quantitative estimate of drug-likeness (QED) is 0.342. The third kappa shape index (κ3) is 3.85. The average molecular weight is 436 g/mol. The third-order valence-electron chi connectivity index (χ3n) is 5.40. The Labute approximate surface area is 190 Å². The molecular formula is C26H21FN6. The summed E-state index contributed by atoms with van der Waals surface area (Å²) < 4.78 is 13.9. The van der Waals surface area contributed by atoms with Gasteiger partial charge in [-0.3, -0.25) is 15.1 Å². The zero-order valence-corrected chi connectivity index (χ0v) is 18.2. The molecule has 0 spiro atoms. The number of aromatic amines is 2. The summed E-state index contributed by atoms with van der Waals surface area (Å²) in [5, 5.41) is 8.41. The van der Waals surface area contributed by atoms with Crippen molar-refractivity contribution >= 4 is 16.5 Å². The lowest BCUT2D eigenvalue weighted by molar-refractivity contribution is 0.627. The molecule has 0 fully saturated rings. The second kappa shape index (κ2) is 8.27. The Morgan fingerprint density at radius 1 is 1.09 bits per heavy atom. The molecule has 0 amide bonds. The number of H-pyrrole nitrogens is 2. The molecule has 0 saturated carbocycles. The molecule has 162 valence electrons. The van der Waals surface area contributed by atoms with E-state index in [0.29, 0.717) is 17.2 Å². The zero-order chi connectivity index (χ0) is 22.9. The molecular weight excluding hydrogens is 415 g/mol. The number of allylic oxidation sites excluding steroid dienone is 2. The van der Waals surface area contributed by atoms with E-state index in [2.05, 4.69) is 31.7 Å². The molecule has 2 N–H and O–H groups in total. The van der Waals surface area contributed by atoms with E-state index in [1.165, 1.54) is 12.1 Å².